The van der Waals surface area contributed by atoms with Gasteiger partial charge in [-0.25, -0.2) is 4.79 Å². The number of aliphatic carboxylic acids is 1. The van der Waals surface area contributed by atoms with Gasteiger partial charge in [-0.2, -0.15) is 12.6 Å². The zero-order chi connectivity index (χ0) is 9.84. The van der Waals surface area contributed by atoms with Crippen molar-refractivity contribution in [1.29, 1.82) is 0 Å². The minimum absolute atomic E-state index is 0.0730. The summed E-state index contributed by atoms with van der Waals surface area (Å²) in [5.74, 6) is -0.827. The lowest BCUT2D eigenvalue weighted by Gasteiger charge is -2.18. The summed E-state index contributed by atoms with van der Waals surface area (Å²) in [7, 11) is 0. The van der Waals surface area contributed by atoms with E-state index in [0.29, 0.717) is 5.75 Å². The molecule has 1 atom stereocenters. The maximum atomic E-state index is 11.3. The lowest BCUT2D eigenvalue weighted by Crippen LogP contribution is -2.41. The number of rotatable bonds is 3. The van der Waals surface area contributed by atoms with Gasteiger partial charge in [-0.05, 0) is 5.75 Å². The summed E-state index contributed by atoms with van der Waals surface area (Å²) in [4.78, 5) is 23.1. The van der Waals surface area contributed by atoms with E-state index in [9.17, 15) is 9.59 Å². The maximum absolute atomic E-state index is 11.3. The van der Waals surface area contributed by atoms with E-state index in [2.05, 4.69) is 12.6 Å². The first-order valence-electron chi connectivity index (χ1n) is 3.87. The molecule has 0 aromatic carbocycles. The van der Waals surface area contributed by atoms with Crippen molar-refractivity contribution in [2.45, 2.75) is 12.5 Å². The Bertz CT molecular complexity index is 221. The summed E-state index contributed by atoms with van der Waals surface area (Å²) in [6.07, 6.45) is 0.246. The predicted molar refractivity (Wildman–Crippen MR) is 47.6 cm³/mol. The summed E-state index contributed by atoms with van der Waals surface area (Å²) >= 11 is 3.90. The van der Waals surface area contributed by atoms with Gasteiger partial charge in [0.25, 0.3) is 0 Å². The molecule has 1 N–H and O–H groups in total. The van der Waals surface area contributed by atoms with Gasteiger partial charge in [0.2, 0.25) is 5.91 Å². The second-order valence-electron chi connectivity index (χ2n) is 2.69. The highest BCUT2D eigenvalue weighted by molar-refractivity contribution is 7.80. The average Bonchev–Trinajstić information content (AvgIpc) is 2.52. The first-order chi connectivity index (χ1) is 6.16. The number of carbonyl (C=O) groups is 2. The van der Waals surface area contributed by atoms with Crippen LogP contribution in [0.25, 0.3) is 0 Å². The largest absolute Gasteiger partial charge is 0.480 e. The van der Waals surface area contributed by atoms with Crippen LogP contribution in [0.2, 0.25) is 0 Å². The van der Waals surface area contributed by atoms with Crippen molar-refractivity contribution in [2.75, 3.05) is 19.1 Å². The standard InChI is InChI=1S/C7H11NO4S/c9-6(1-2-13)8-4-12-3-5(8)7(10)11/h5,13H,1-4H2,(H,10,11)/t5-/m0/s1. The van der Waals surface area contributed by atoms with Crippen molar-refractivity contribution >= 4 is 24.5 Å². The molecule has 74 valence electrons. The van der Waals surface area contributed by atoms with Crippen molar-refractivity contribution in [3.8, 4) is 0 Å². The summed E-state index contributed by atoms with van der Waals surface area (Å²) in [5.41, 5.74) is 0. The fraction of sp³-hybridized carbons (Fsp3) is 0.714. The van der Waals surface area contributed by atoms with Crippen LogP contribution in [0.3, 0.4) is 0 Å². The highest BCUT2D eigenvalue weighted by atomic mass is 32.1. The molecule has 0 saturated carbocycles. The Hall–Kier alpha value is -0.750. The minimum Gasteiger partial charge on any atom is -0.480 e. The van der Waals surface area contributed by atoms with E-state index in [4.69, 9.17) is 9.84 Å². The average molecular weight is 205 g/mol. The number of hydrogen-bond donors (Lipinski definition) is 2. The number of ether oxygens (including phenoxy) is 1. The molecule has 1 aliphatic heterocycles. The molecule has 1 fully saturated rings. The number of amides is 1. The van der Waals surface area contributed by atoms with Gasteiger partial charge in [-0.3, -0.25) is 4.79 Å². The Morgan fingerprint density at radius 2 is 2.31 bits per heavy atom. The van der Waals surface area contributed by atoms with Gasteiger partial charge in [0, 0.05) is 6.42 Å². The van der Waals surface area contributed by atoms with Crippen LogP contribution in [-0.4, -0.2) is 47.0 Å². The van der Waals surface area contributed by atoms with Crippen LogP contribution in [0.5, 0.6) is 0 Å². The number of carbonyl (C=O) groups excluding carboxylic acids is 1. The quantitative estimate of drug-likeness (QED) is 0.614. The zero-order valence-electron chi connectivity index (χ0n) is 6.97. The zero-order valence-corrected chi connectivity index (χ0v) is 7.87. The predicted octanol–water partition coefficient (Wildman–Crippen LogP) is -0.424. The van der Waals surface area contributed by atoms with E-state index in [1.165, 1.54) is 4.90 Å². The molecule has 0 aliphatic carbocycles. The van der Waals surface area contributed by atoms with Crippen LogP contribution in [0, 0.1) is 0 Å². The normalized spacial score (nSPS) is 21.9. The van der Waals surface area contributed by atoms with Crippen LogP contribution >= 0.6 is 12.6 Å². The highest BCUT2D eigenvalue weighted by Gasteiger charge is 2.34. The molecule has 0 bridgehead atoms. The van der Waals surface area contributed by atoms with Crippen LogP contribution in [0.15, 0.2) is 0 Å². The summed E-state index contributed by atoms with van der Waals surface area (Å²) in [5, 5.41) is 8.71. The van der Waals surface area contributed by atoms with Gasteiger partial charge in [-0.1, -0.05) is 0 Å². The van der Waals surface area contributed by atoms with Gasteiger partial charge >= 0.3 is 5.97 Å². The Morgan fingerprint density at radius 1 is 1.62 bits per heavy atom. The molecule has 0 radical (unpaired) electrons. The topological polar surface area (TPSA) is 66.8 Å². The number of carboxylic acid groups (broad SMARTS) is 1. The molecule has 1 aliphatic rings. The van der Waals surface area contributed by atoms with Crippen molar-refractivity contribution in [2.24, 2.45) is 0 Å². The van der Waals surface area contributed by atoms with E-state index in [1.54, 1.807) is 0 Å². The van der Waals surface area contributed by atoms with Crippen LogP contribution in [-0.2, 0) is 14.3 Å². The fourth-order valence-corrected chi connectivity index (χ4v) is 1.32. The van der Waals surface area contributed by atoms with E-state index < -0.39 is 12.0 Å². The van der Waals surface area contributed by atoms with E-state index in [0.717, 1.165) is 0 Å². The summed E-state index contributed by atoms with van der Waals surface area (Å²) < 4.78 is 4.90. The second-order valence-corrected chi connectivity index (χ2v) is 3.14. The molecule has 13 heavy (non-hydrogen) atoms. The molecule has 6 heteroatoms. The van der Waals surface area contributed by atoms with Crippen LogP contribution < -0.4 is 0 Å². The Labute approximate surface area is 81.1 Å². The third-order valence-corrected chi connectivity index (χ3v) is 2.04. The molecule has 1 amide bonds. The first-order valence-corrected chi connectivity index (χ1v) is 4.51. The number of thiol groups is 1. The Kier molecular flexibility index (Phi) is 3.56. The molecular formula is C7H11NO4S. The van der Waals surface area contributed by atoms with Crippen molar-refractivity contribution in [3.05, 3.63) is 0 Å². The van der Waals surface area contributed by atoms with E-state index >= 15 is 0 Å². The number of hydrogen-bond acceptors (Lipinski definition) is 4. The smallest absolute Gasteiger partial charge is 0.328 e. The van der Waals surface area contributed by atoms with Crippen molar-refractivity contribution < 1.29 is 19.4 Å². The molecule has 1 heterocycles. The second kappa shape index (κ2) is 4.48. The lowest BCUT2D eigenvalue weighted by atomic mass is 10.3. The third-order valence-electron chi connectivity index (χ3n) is 1.81. The van der Waals surface area contributed by atoms with Gasteiger partial charge in [-0.15, -0.1) is 0 Å². The molecular weight excluding hydrogens is 194 g/mol. The third kappa shape index (κ3) is 2.35. The summed E-state index contributed by atoms with van der Waals surface area (Å²) in [6.45, 7) is 0.150. The van der Waals surface area contributed by atoms with Crippen molar-refractivity contribution in [1.82, 2.24) is 4.90 Å². The molecule has 0 aromatic heterocycles. The maximum Gasteiger partial charge on any atom is 0.328 e. The Balaban J connectivity index is 2.57. The molecule has 5 nitrogen and oxygen atoms in total. The summed E-state index contributed by atoms with van der Waals surface area (Å²) in [6, 6.07) is -0.826. The fourth-order valence-electron chi connectivity index (χ4n) is 1.13. The van der Waals surface area contributed by atoms with Crippen LogP contribution in [0.4, 0.5) is 0 Å². The molecule has 1 rings (SSSR count). The SMILES string of the molecule is O=C(O)[C@@H]1COCN1C(=O)CCS. The molecule has 0 spiro atoms. The van der Waals surface area contributed by atoms with Gasteiger partial charge < -0.3 is 14.7 Å². The van der Waals surface area contributed by atoms with Crippen LogP contribution in [0.1, 0.15) is 6.42 Å². The highest BCUT2D eigenvalue weighted by Crippen LogP contribution is 2.11. The molecule has 0 aromatic rings. The van der Waals surface area contributed by atoms with E-state index in [1.807, 2.05) is 0 Å². The monoisotopic (exact) mass is 205 g/mol. The molecule has 1 saturated heterocycles. The van der Waals surface area contributed by atoms with Crippen molar-refractivity contribution in [3.63, 3.8) is 0 Å². The van der Waals surface area contributed by atoms with Gasteiger partial charge in [0.1, 0.15) is 6.73 Å². The molecule has 0 unspecified atom stereocenters. The first kappa shape index (κ1) is 10.3. The number of carboxylic acids is 1. The number of nitrogens with zero attached hydrogens (tertiary/aromatic N) is 1. The van der Waals surface area contributed by atoms with Gasteiger partial charge in [0.05, 0.1) is 6.61 Å². The minimum atomic E-state index is -1.02. The van der Waals surface area contributed by atoms with E-state index in [-0.39, 0.29) is 25.7 Å². The lowest BCUT2D eigenvalue weighted by molar-refractivity contribution is -0.147. The van der Waals surface area contributed by atoms with Gasteiger partial charge in [0.15, 0.2) is 6.04 Å². The Morgan fingerprint density at radius 3 is 2.85 bits per heavy atom.